The minimum absolute atomic E-state index is 0.0636. The average Bonchev–Trinajstić information content (AvgIpc) is 2.87. The van der Waals surface area contributed by atoms with Gasteiger partial charge in [0.05, 0.1) is 0 Å². The monoisotopic (exact) mass is 301 g/mol. The molecule has 2 aliphatic carbocycles. The van der Waals surface area contributed by atoms with Crippen LogP contribution in [0.15, 0.2) is 0 Å². The van der Waals surface area contributed by atoms with Gasteiger partial charge in [-0.1, -0.05) is 20.8 Å². The van der Waals surface area contributed by atoms with E-state index in [9.17, 15) is 8.42 Å². The van der Waals surface area contributed by atoms with E-state index in [1.54, 1.807) is 4.31 Å². The molecule has 5 nitrogen and oxygen atoms in total. The molecule has 1 heterocycles. The largest absolute Gasteiger partial charge is 0.314 e. The van der Waals surface area contributed by atoms with Gasteiger partial charge in [0.1, 0.15) is 0 Å². The second-order valence-corrected chi connectivity index (χ2v) is 9.32. The predicted molar refractivity (Wildman–Crippen MR) is 79.5 cm³/mol. The van der Waals surface area contributed by atoms with Crippen molar-refractivity contribution < 1.29 is 8.42 Å². The van der Waals surface area contributed by atoms with E-state index in [4.69, 9.17) is 0 Å². The van der Waals surface area contributed by atoms with E-state index < -0.39 is 10.2 Å². The molecule has 1 saturated heterocycles. The summed E-state index contributed by atoms with van der Waals surface area (Å²) in [6, 6.07) is 0.0636. The molecule has 0 spiro atoms. The van der Waals surface area contributed by atoms with Gasteiger partial charge < -0.3 is 5.32 Å². The Bertz CT molecular complexity index is 480. The molecule has 3 aliphatic rings. The van der Waals surface area contributed by atoms with E-state index >= 15 is 0 Å². The molecule has 2 N–H and O–H groups in total. The molecule has 2 bridgehead atoms. The molecule has 6 heteroatoms. The molecule has 20 heavy (non-hydrogen) atoms. The lowest BCUT2D eigenvalue weighted by atomic mass is 9.69. The molecule has 2 saturated carbocycles. The number of rotatable bonds is 3. The molecular weight excluding hydrogens is 274 g/mol. The maximum Gasteiger partial charge on any atom is 0.279 e. The zero-order chi connectivity index (χ0) is 14.6. The maximum absolute atomic E-state index is 12.6. The molecule has 3 unspecified atom stereocenters. The van der Waals surface area contributed by atoms with Gasteiger partial charge in [-0.15, -0.1) is 0 Å². The Morgan fingerprint density at radius 2 is 1.85 bits per heavy atom. The first kappa shape index (κ1) is 14.8. The Hall–Kier alpha value is -0.170. The highest BCUT2D eigenvalue weighted by Crippen LogP contribution is 2.62. The second-order valence-electron chi connectivity index (χ2n) is 7.62. The third-order valence-electron chi connectivity index (χ3n) is 5.95. The van der Waals surface area contributed by atoms with Gasteiger partial charge in [0.15, 0.2) is 0 Å². The van der Waals surface area contributed by atoms with Crippen molar-refractivity contribution in [2.75, 3.05) is 26.2 Å². The Balaban J connectivity index is 1.80. The summed E-state index contributed by atoms with van der Waals surface area (Å²) < 4.78 is 29.9. The second kappa shape index (κ2) is 4.66. The first-order valence-corrected chi connectivity index (χ1v) is 9.18. The summed E-state index contributed by atoms with van der Waals surface area (Å²) in [5.74, 6) is 0.656. The van der Waals surface area contributed by atoms with Crippen LogP contribution in [0.4, 0.5) is 0 Å². The van der Waals surface area contributed by atoms with Crippen LogP contribution in [0.5, 0.6) is 0 Å². The molecule has 0 aromatic carbocycles. The SMILES string of the molecule is CC12CCC(C1)C(C)(C)C2NS(=O)(=O)N1CCNCC1. The number of piperazine rings is 1. The fraction of sp³-hybridized carbons (Fsp3) is 1.00. The lowest BCUT2D eigenvalue weighted by Gasteiger charge is -2.43. The van der Waals surface area contributed by atoms with Crippen molar-refractivity contribution in [2.45, 2.75) is 46.1 Å². The first-order valence-electron chi connectivity index (χ1n) is 7.74. The van der Waals surface area contributed by atoms with E-state index in [0.29, 0.717) is 19.0 Å². The molecule has 0 amide bonds. The minimum Gasteiger partial charge on any atom is -0.314 e. The summed E-state index contributed by atoms with van der Waals surface area (Å²) in [4.78, 5) is 0. The van der Waals surface area contributed by atoms with Crippen LogP contribution >= 0.6 is 0 Å². The highest BCUT2D eigenvalue weighted by Gasteiger charge is 2.60. The van der Waals surface area contributed by atoms with Gasteiger partial charge in [-0.3, -0.25) is 0 Å². The average molecular weight is 301 g/mol. The molecule has 0 radical (unpaired) electrons. The standard InChI is InChI=1S/C14H27N3O2S/c1-13(2)11-4-5-14(3,10-11)12(13)16-20(18,19)17-8-6-15-7-9-17/h11-12,15-16H,4-10H2,1-3H3. The lowest BCUT2D eigenvalue weighted by Crippen LogP contribution is -2.58. The number of hydrogen-bond donors (Lipinski definition) is 2. The van der Waals surface area contributed by atoms with E-state index in [-0.39, 0.29) is 16.9 Å². The molecule has 0 aromatic heterocycles. The van der Waals surface area contributed by atoms with Crippen molar-refractivity contribution in [1.29, 1.82) is 0 Å². The van der Waals surface area contributed by atoms with Crippen molar-refractivity contribution in [3.63, 3.8) is 0 Å². The highest BCUT2D eigenvalue weighted by atomic mass is 32.2. The van der Waals surface area contributed by atoms with Crippen LogP contribution in [0.3, 0.4) is 0 Å². The Kier molecular flexibility index (Phi) is 3.44. The molecule has 1 aliphatic heterocycles. The Morgan fingerprint density at radius 1 is 1.20 bits per heavy atom. The van der Waals surface area contributed by atoms with Crippen LogP contribution in [0.25, 0.3) is 0 Å². The summed E-state index contributed by atoms with van der Waals surface area (Å²) in [5, 5.41) is 3.20. The van der Waals surface area contributed by atoms with Crippen LogP contribution in [0.2, 0.25) is 0 Å². The van der Waals surface area contributed by atoms with Gasteiger partial charge in [0, 0.05) is 32.2 Å². The minimum atomic E-state index is -3.36. The van der Waals surface area contributed by atoms with Crippen LogP contribution in [0.1, 0.15) is 40.0 Å². The third kappa shape index (κ3) is 2.21. The summed E-state index contributed by atoms with van der Waals surface area (Å²) >= 11 is 0. The zero-order valence-corrected chi connectivity index (χ0v) is 13.6. The van der Waals surface area contributed by atoms with Gasteiger partial charge in [0.25, 0.3) is 10.2 Å². The third-order valence-corrected chi connectivity index (χ3v) is 7.53. The Labute approximate surface area is 122 Å². The van der Waals surface area contributed by atoms with Crippen molar-refractivity contribution in [3.05, 3.63) is 0 Å². The highest BCUT2D eigenvalue weighted by molar-refractivity contribution is 7.87. The summed E-state index contributed by atoms with van der Waals surface area (Å²) in [7, 11) is -3.36. The van der Waals surface area contributed by atoms with Crippen molar-refractivity contribution in [3.8, 4) is 0 Å². The van der Waals surface area contributed by atoms with E-state index in [1.165, 1.54) is 6.42 Å². The van der Waals surface area contributed by atoms with Gasteiger partial charge in [0.2, 0.25) is 0 Å². The normalized spacial score (nSPS) is 41.1. The number of hydrogen-bond acceptors (Lipinski definition) is 3. The quantitative estimate of drug-likeness (QED) is 0.815. The summed E-state index contributed by atoms with van der Waals surface area (Å²) in [5.41, 5.74) is 0.198. The molecule has 116 valence electrons. The summed E-state index contributed by atoms with van der Waals surface area (Å²) in [6.07, 6.45) is 3.56. The predicted octanol–water partition coefficient (Wildman–Crippen LogP) is 0.941. The number of fused-ring (bicyclic) bond motifs is 2. The van der Waals surface area contributed by atoms with Crippen LogP contribution in [-0.4, -0.2) is 44.9 Å². The van der Waals surface area contributed by atoms with Crippen LogP contribution in [-0.2, 0) is 10.2 Å². The fourth-order valence-corrected chi connectivity index (χ4v) is 6.40. The molecular formula is C14H27N3O2S. The number of nitrogens with one attached hydrogen (secondary N) is 2. The molecule has 0 aromatic rings. The molecule has 3 atom stereocenters. The van der Waals surface area contributed by atoms with Crippen molar-refractivity contribution in [2.24, 2.45) is 16.7 Å². The number of nitrogens with zero attached hydrogens (tertiary/aromatic N) is 1. The van der Waals surface area contributed by atoms with E-state index in [1.807, 2.05) is 0 Å². The zero-order valence-electron chi connectivity index (χ0n) is 12.8. The van der Waals surface area contributed by atoms with Crippen LogP contribution in [0, 0.1) is 16.7 Å². The van der Waals surface area contributed by atoms with Crippen LogP contribution < -0.4 is 10.0 Å². The molecule has 3 rings (SSSR count). The van der Waals surface area contributed by atoms with E-state index in [2.05, 4.69) is 30.8 Å². The van der Waals surface area contributed by atoms with Gasteiger partial charge in [-0.25, -0.2) is 0 Å². The smallest absolute Gasteiger partial charge is 0.279 e. The van der Waals surface area contributed by atoms with Gasteiger partial charge in [-0.2, -0.15) is 17.4 Å². The van der Waals surface area contributed by atoms with E-state index in [0.717, 1.165) is 25.9 Å². The maximum atomic E-state index is 12.6. The van der Waals surface area contributed by atoms with Crippen molar-refractivity contribution >= 4 is 10.2 Å². The lowest BCUT2D eigenvalue weighted by molar-refractivity contribution is 0.125. The Morgan fingerprint density at radius 3 is 2.40 bits per heavy atom. The summed E-state index contributed by atoms with van der Waals surface area (Å²) in [6.45, 7) is 9.35. The first-order chi connectivity index (χ1) is 9.26. The van der Waals surface area contributed by atoms with Gasteiger partial charge >= 0.3 is 0 Å². The van der Waals surface area contributed by atoms with Crippen molar-refractivity contribution in [1.82, 2.24) is 14.3 Å². The topological polar surface area (TPSA) is 61.4 Å². The molecule has 3 fully saturated rings. The fourth-order valence-electron chi connectivity index (χ4n) is 4.70. The van der Waals surface area contributed by atoms with Gasteiger partial charge in [-0.05, 0) is 36.0 Å².